The van der Waals surface area contributed by atoms with E-state index in [-0.39, 0.29) is 18.4 Å². The van der Waals surface area contributed by atoms with Gasteiger partial charge in [-0.2, -0.15) is 0 Å². The number of rotatable bonds is 9. The lowest BCUT2D eigenvalue weighted by atomic mass is 10.0. The van der Waals surface area contributed by atoms with Gasteiger partial charge in [0.05, 0.1) is 0 Å². The maximum absolute atomic E-state index is 13.1. The highest BCUT2D eigenvalue weighted by Crippen LogP contribution is 2.26. The van der Waals surface area contributed by atoms with Gasteiger partial charge in [0, 0.05) is 13.1 Å². The van der Waals surface area contributed by atoms with Crippen molar-refractivity contribution in [3.8, 4) is 5.75 Å². The Labute approximate surface area is 174 Å². The average Bonchev–Trinajstić information content (AvgIpc) is 2.70. The Morgan fingerprint density at radius 3 is 2.45 bits per heavy atom. The Morgan fingerprint density at radius 1 is 1.07 bits per heavy atom. The SMILES string of the molecule is CCNC(=O)C(C)N(Cc1cccc(C)c1)C(=O)COc1ccccc1C(C)C. The summed E-state index contributed by atoms with van der Waals surface area (Å²) in [5, 5.41) is 2.80. The largest absolute Gasteiger partial charge is 0.483 e. The summed E-state index contributed by atoms with van der Waals surface area (Å²) in [6.07, 6.45) is 0. The molecule has 0 radical (unpaired) electrons. The molecule has 5 heteroatoms. The second-order valence-electron chi connectivity index (χ2n) is 7.56. The molecule has 29 heavy (non-hydrogen) atoms. The molecule has 0 aliphatic rings. The minimum Gasteiger partial charge on any atom is -0.483 e. The fraction of sp³-hybridized carbons (Fsp3) is 0.417. The van der Waals surface area contributed by atoms with Gasteiger partial charge in [0.1, 0.15) is 11.8 Å². The normalized spacial score (nSPS) is 11.8. The van der Waals surface area contributed by atoms with Crippen LogP contribution >= 0.6 is 0 Å². The van der Waals surface area contributed by atoms with E-state index in [1.54, 1.807) is 11.8 Å². The number of likely N-dealkylation sites (N-methyl/N-ethyl adjacent to an activating group) is 1. The van der Waals surface area contributed by atoms with Crippen LogP contribution in [0, 0.1) is 6.92 Å². The second kappa shape index (κ2) is 10.6. The number of nitrogens with one attached hydrogen (secondary N) is 1. The van der Waals surface area contributed by atoms with E-state index in [9.17, 15) is 9.59 Å². The van der Waals surface area contributed by atoms with Gasteiger partial charge in [-0.3, -0.25) is 9.59 Å². The predicted octanol–water partition coefficient (Wildman–Crippen LogP) is 4.05. The van der Waals surface area contributed by atoms with Crippen LogP contribution in [0.15, 0.2) is 48.5 Å². The molecule has 156 valence electrons. The van der Waals surface area contributed by atoms with Crippen molar-refractivity contribution in [2.75, 3.05) is 13.2 Å². The molecule has 5 nitrogen and oxygen atoms in total. The van der Waals surface area contributed by atoms with E-state index in [1.807, 2.05) is 62.4 Å². The van der Waals surface area contributed by atoms with E-state index >= 15 is 0 Å². The first-order chi connectivity index (χ1) is 13.8. The molecule has 1 N–H and O–H groups in total. The standard InChI is InChI=1S/C24H32N2O3/c1-6-25-24(28)19(5)26(15-20-11-9-10-18(4)14-20)23(27)16-29-22-13-8-7-12-21(22)17(2)3/h7-14,17,19H,6,15-16H2,1-5H3,(H,25,28). The molecular weight excluding hydrogens is 364 g/mol. The van der Waals surface area contributed by atoms with Gasteiger partial charge in [-0.25, -0.2) is 0 Å². The number of benzene rings is 2. The number of nitrogens with zero attached hydrogens (tertiary/aromatic N) is 1. The first-order valence-electron chi connectivity index (χ1n) is 10.2. The fourth-order valence-electron chi connectivity index (χ4n) is 3.22. The maximum atomic E-state index is 13.1. The van der Waals surface area contributed by atoms with E-state index in [1.165, 1.54) is 0 Å². The molecule has 1 unspecified atom stereocenters. The smallest absolute Gasteiger partial charge is 0.261 e. The number of carbonyl (C=O) groups is 2. The zero-order chi connectivity index (χ0) is 21.4. The Hall–Kier alpha value is -2.82. The third-order valence-corrected chi connectivity index (χ3v) is 4.85. The second-order valence-corrected chi connectivity index (χ2v) is 7.56. The molecule has 0 bridgehead atoms. The van der Waals surface area contributed by atoms with Crippen molar-refractivity contribution in [2.45, 2.75) is 53.1 Å². The van der Waals surface area contributed by atoms with Crippen molar-refractivity contribution in [2.24, 2.45) is 0 Å². The van der Waals surface area contributed by atoms with Gasteiger partial charge in [-0.05, 0) is 43.9 Å². The zero-order valence-electron chi connectivity index (χ0n) is 18.1. The predicted molar refractivity (Wildman–Crippen MR) is 116 cm³/mol. The number of aryl methyl sites for hydroxylation is 1. The van der Waals surface area contributed by atoms with Gasteiger partial charge in [-0.1, -0.05) is 61.9 Å². The lowest BCUT2D eigenvalue weighted by Gasteiger charge is -2.29. The molecule has 2 amide bonds. The molecule has 0 fully saturated rings. The summed E-state index contributed by atoms with van der Waals surface area (Å²) in [5.74, 6) is 0.607. The Kier molecular flexibility index (Phi) is 8.25. The van der Waals surface area contributed by atoms with Crippen LogP contribution in [0.1, 0.15) is 50.3 Å². The highest BCUT2D eigenvalue weighted by Gasteiger charge is 2.26. The summed E-state index contributed by atoms with van der Waals surface area (Å²) >= 11 is 0. The van der Waals surface area contributed by atoms with Gasteiger partial charge < -0.3 is 15.0 Å². The van der Waals surface area contributed by atoms with Crippen LogP contribution in [0.5, 0.6) is 5.75 Å². The third-order valence-electron chi connectivity index (χ3n) is 4.85. The Balaban J connectivity index is 2.18. The number of carbonyl (C=O) groups excluding carboxylic acids is 2. The first kappa shape index (κ1) is 22.5. The summed E-state index contributed by atoms with van der Waals surface area (Å²) in [6, 6.07) is 15.1. The topological polar surface area (TPSA) is 58.6 Å². The van der Waals surface area contributed by atoms with Crippen LogP contribution in [-0.4, -0.2) is 35.9 Å². The van der Waals surface area contributed by atoms with Crippen LogP contribution in [0.2, 0.25) is 0 Å². The van der Waals surface area contributed by atoms with Crippen molar-refractivity contribution in [1.29, 1.82) is 0 Å². The van der Waals surface area contributed by atoms with Crippen molar-refractivity contribution in [1.82, 2.24) is 10.2 Å². The minimum absolute atomic E-state index is 0.112. The van der Waals surface area contributed by atoms with E-state index in [0.717, 1.165) is 16.7 Å². The van der Waals surface area contributed by atoms with Gasteiger partial charge in [0.25, 0.3) is 5.91 Å². The lowest BCUT2D eigenvalue weighted by Crippen LogP contribution is -2.49. The molecule has 2 rings (SSSR count). The Bertz CT molecular complexity index is 832. The quantitative estimate of drug-likeness (QED) is 0.696. The molecule has 2 aromatic carbocycles. The molecule has 0 heterocycles. The van der Waals surface area contributed by atoms with Crippen molar-refractivity contribution in [3.05, 3.63) is 65.2 Å². The third kappa shape index (κ3) is 6.34. The summed E-state index contributed by atoms with van der Waals surface area (Å²) in [5.41, 5.74) is 3.15. The molecule has 0 spiro atoms. The van der Waals surface area contributed by atoms with E-state index in [0.29, 0.717) is 24.8 Å². The van der Waals surface area contributed by atoms with Crippen molar-refractivity contribution in [3.63, 3.8) is 0 Å². The molecule has 0 saturated heterocycles. The fourth-order valence-corrected chi connectivity index (χ4v) is 3.22. The number of para-hydroxylation sites is 1. The first-order valence-corrected chi connectivity index (χ1v) is 10.2. The summed E-state index contributed by atoms with van der Waals surface area (Å²) in [4.78, 5) is 27.1. The molecule has 0 aliphatic carbocycles. The van der Waals surface area contributed by atoms with Crippen LogP contribution in [0.4, 0.5) is 0 Å². The van der Waals surface area contributed by atoms with Gasteiger partial charge in [-0.15, -0.1) is 0 Å². The highest BCUT2D eigenvalue weighted by atomic mass is 16.5. The molecule has 1 atom stereocenters. The van der Waals surface area contributed by atoms with Crippen LogP contribution < -0.4 is 10.1 Å². The van der Waals surface area contributed by atoms with E-state index in [2.05, 4.69) is 19.2 Å². The zero-order valence-corrected chi connectivity index (χ0v) is 18.1. The molecule has 0 saturated carbocycles. The summed E-state index contributed by atoms with van der Waals surface area (Å²) in [6.45, 7) is 10.6. The monoisotopic (exact) mass is 396 g/mol. The lowest BCUT2D eigenvalue weighted by molar-refractivity contribution is -0.142. The summed E-state index contributed by atoms with van der Waals surface area (Å²) in [7, 11) is 0. The molecule has 0 aliphatic heterocycles. The molecular formula is C24H32N2O3. The highest BCUT2D eigenvalue weighted by molar-refractivity contribution is 5.87. The number of ether oxygens (including phenoxy) is 1. The van der Waals surface area contributed by atoms with Crippen LogP contribution in [0.25, 0.3) is 0 Å². The number of hydrogen-bond donors (Lipinski definition) is 1. The number of amides is 2. The van der Waals surface area contributed by atoms with Crippen LogP contribution in [0.3, 0.4) is 0 Å². The van der Waals surface area contributed by atoms with Gasteiger partial charge >= 0.3 is 0 Å². The minimum atomic E-state index is -0.591. The van der Waals surface area contributed by atoms with E-state index in [4.69, 9.17) is 4.74 Å². The van der Waals surface area contributed by atoms with Crippen LogP contribution in [-0.2, 0) is 16.1 Å². The number of hydrogen-bond acceptors (Lipinski definition) is 3. The van der Waals surface area contributed by atoms with E-state index < -0.39 is 6.04 Å². The molecule has 2 aromatic rings. The maximum Gasteiger partial charge on any atom is 0.261 e. The van der Waals surface area contributed by atoms with Crippen molar-refractivity contribution >= 4 is 11.8 Å². The van der Waals surface area contributed by atoms with Crippen molar-refractivity contribution < 1.29 is 14.3 Å². The van der Waals surface area contributed by atoms with Gasteiger partial charge in [0.15, 0.2) is 6.61 Å². The summed E-state index contributed by atoms with van der Waals surface area (Å²) < 4.78 is 5.87. The molecule has 0 aromatic heterocycles. The van der Waals surface area contributed by atoms with Gasteiger partial charge in [0.2, 0.25) is 5.91 Å². The Morgan fingerprint density at radius 2 is 1.79 bits per heavy atom. The average molecular weight is 397 g/mol.